The normalized spacial score (nSPS) is 17.5. The first-order valence-electron chi connectivity index (χ1n) is 10.3. The quantitative estimate of drug-likeness (QED) is 0.670. The summed E-state index contributed by atoms with van der Waals surface area (Å²) in [5.74, 6) is 2.37. The van der Waals surface area contributed by atoms with Gasteiger partial charge in [0.25, 0.3) is 5.91 Å². The van der Waals surface area contributed by atoms with Crippen LogP contribution in [0.15, 0.2) is 16.7 Å². The second-order valence-electron chi connectivity index (χ2n) is 8.12. The molecule has 1 saturated heterocycles. The first-order valence-corrected chi connectivity index (χ1v) is 10.3. The zero-order valence-electron chi connectivity index (χ0n) is 16.8. The van der Waals surface area contributed by atoms with E-state index in [4.69, 9.17) is 4.52 Å². The molecule has 3 aromatic rings. The molecule has 1 amide bonds. The summed E-state index contributed by atoms with van der Waals surface area (Å²) in [5, 5.41) is 17.5. The molecule has 1 aliphatic carbocycles. The second kappa shape index (κ2) is 7.13. The molecule has 4 heterocycles. The molecule has 0 unspecified atom stereocenters. The van der Waals surface area contributed by atoms with Gasteiger partial charge in [-0.1, -0.05) is 5.16 Å². The maximum atomic E-state index is 13.0. The molecule has 5 rings (SSSR count). The molecule has 0 N–H and O–H groups in total. The molecular formula is C20H25N7O2. The number of fused-ring (bicyclic) bond motifs is 2. The number of aryl methyl sites for hydroxylation is 1. The molecule has 0 bridgehead atoms. The van der Waals surface area contributed by atoms with Gasteiger partial charge in [0.05, 0.1) is 5.69 Å². The van der Waals surface area contributed by atoms with Crippen LogP contribution in [0.2, 0.25) is 0 Å². The minimum absolute atomic E-state index is 0.0294. The zero-order valence-corrected chi connectivity index (χ0v) is 16.8. The molecule has 9 nitrogen and oxygen atoms in total. The van der Waals surface area contributed by atoms with E-state index in [9.17, 15) is 4.79 Å². The van der Waals surface area contributed by atoms with Crippen molar-refractivity contribution in [3.63, 3.8) is 0 Å². The standard InChI is InChI=1S/C20H25N7O2/c1-25(2)17-8-7-16-21-22-19(27(16)23-17)13-9-11-26(12-10-13)20(28)18-14-5-3-4-6-15(14)24-29-18/h7-8,13H,3-6,9-12H2,1-2H3. The van der Waals surface area contributed by atoms with Gasteiger partial charge in [-0.25, -0.2) is 0 Å². The monoisotopic (exact) mass is 395 g/mol. The van der Waals surface area contributed by atoms with Crippen molar-refractivity contribution < 1.29 is 9.32 Å². The molecule has 0 aromatic carbocycles. The SMILES string of the molecule is CN(C)c1ccc2nnc(C3CCN(C(=O)c4onc5c4CCCC5)CC3)n2n1. The highest BCUT2D eigenvalue weighted by molar-refractivity contribution is 5.93. The van der Waals surface area contributed by atoms with Crippen LogP contribution in [0.3, 0.4) is 0 Å². The Morgan fingerprint density at radius 3 is 2.72 bits per heavy atom. The topological polar surface area (TPSA) is 92.7 Å². The molecule has 9 heteroatoms. The van der Waals surface area contributed by atoms with E-state index < -0.39 is 0 Å². The number of amides is 1. The van der Waals surface area contributed by atoms with Gasteiger partial charge in [-0.15, -0.1) is 15.3 Å². The van der Waals surface area contributed by atoms with Crippen LogP contribution in [-0.4, -0.2) is 63.0 Å². The van der Waals surface area contributed by atoms with E-state index >= 15 is 0 Å². The number of carbonyl (C=O) groups excluding carboxylic acids is 1. The maximum absolute atomic E-state index is 13.0. The van der Waals surface area contributed by atoms with Crippen LogP contribution in [0.25, 0.3) is 5.65 Å². The van der Waals surface area contributed by atoms with Crippen molar-refractivity contribution in [3.8, 4) is 0 Å². The highest BCUT2D eigenvalue weighted by Crippen LogP contribution is 2.30. The second-order valence-corrected chi connectivity index (χ2v) is 8.12. The van der Waals surface area contributed by atoms with Crippen molar-refractivity contribution in [3.05, 3.63) is 35.0 Å². The number of hydrogen-bond acceptors (Lipinski definition) is 7. The fraction of sp³-hybridized carbons (Fsp3) is 0.550. The molecule has 1 aliphatic heterocycles. The largest absolute Gasteiger partial charge is 0.361 e. The average molecular weight is 395 g/mol. The smallest absolute Gasteiger partial charge is 0.292 e. The summed E-state index contributed by atoms with van der Waals surface area (Å²) in [6, 6.07) is 3.87. The Kier molecular flexibility index (Phi) is 4.44. The van der Waals surface area contributed by atoms with E-state index in [1.54, 1.807) is 0 Å². The summed E-state index contributed by atoms with van der Waals surface area (Å²) in [6.07, 6.45) is 5.68. The third-order valence-corrected chi connectivity index (χ3v) is 6.03. The summed E-state index contributed by atoms with van der Waals surface area (Å²) in [4.78, 5) is 16.8. The first kappa shape index (κ1) is 18.1. The third kappa shape index (κ3) is 3.14. The molecule has 152 valence electrons. The van der Waals surface area contributed by atoms with Crippen molar-refractivity contribution >= 4 is 17.4 Å². The highest BCUT2D eigenvalue weighted by atomic mass is 16.5. The molecule has 0 radical (unpaired) electrons. The van der Waals surface area contributed by atoms with Crippen molar-refractivity contribution in [2.45, 2.75) is 44.4 Å². The number of carbonyl (C=O) groups is 1. The first-order chi connectivity index (χ1) is 14.1. The van der Waals surface area contributed by atoms with E-state index in [-0.39, 0.29) is 11.8 Å². The number of hydrogen-bond donors (Lipinski definition) is 0. The summed E-state index contributed by atoms with van der Waals surface area (Å²) < 4.78 is 7.28. The number of nitrogens with zero attached hydrogens (tertiary/aromatic N) is 7. The fourth-order valence-corrected chi connectivity index (χ4v) is 4.33. The summed E-state index contributed by atoms with van der Waals surface area (Å²) in [5.41, 5.74) is 2.73. The van der Waals surface area contributed by atoms with Gasteiger partial charge in [-0.3, -0.25) is 4.79 Å². The van der Waals surface area contributed by atoms with Gasteiger partial charge in [0.15, 0.2) is 11.5 Å². The molecule has 2 aliphatic rings. The summed E-state index contributed by atoms with van der Waals surface area (Å²) >= 11 is 0. The molecular weight excluding hydrogens is 370 g/mol. The van der Waals surface area contributed by atoms with Crippen LogP contribution in [0.1, 0.15) is 59.2 Å². The van der Waals surface area contributed by atoms with Crippen molar-refractivity contribution in [1.29, 1.82) is 0 Å². The Balaban J connectivity index is 1.32. The predicted molar refractivity (Wildman–Crippen MR) is 106 cm³/mol. The summed E-state index contributed by atoms with van der Waals surface area (Å²) in [7, 11) is 3.93. The molecule has 0 spiro atoms. The molecule has 0 saturated carbocycles. The predicted octanol–water partition coefficient (Wildman–Crippen LogP) is 2.08. The van der Waals surface area contributed by atoms with Crippen LogP contribution >= 0.6 is 0 Å². The Morgan fingerprint density at radius 1 is 1.14 bits per heavy atom. The van der Waals surface area contributed by atoms with Crippen molar-refractivity contribution in [1.82, 2.24) is 29.9 Å². The fourth-order valence-electron chi connectivity index (χ4n) is 4.33. The lowest BCUT2D eigenvalue weighted by Gasteiger charge is -2.30. The third-order valence-electron chi connectivity index (χ3n) is 6.03. The minimum Gasteiger partial charge on any atom is -0.361 e. The molecule has 3 aromatic heterocycles. The van der Waals surface area contributed by atoms with Crippen LogP contribution in [0, 0.1) is 0 Å². The summed E-state index contributed by atoms with van der Waals surface area (Å²) in [6.45, 7) is 1.34. The Labute approximate surface area is 168 Å². The van der Waals surface area contributed by atoms with Gasteiger partial charge in [-0.05, 0) is 50.7 Å². The van der Waals surface area contributed by atoms with Gasteiger partial charge in [-0.2, -0.15) is 4.52 Å². The van der Waals surface area contributed by atoms with Crippen LogP contribution in [0.5, 0.6) is 0 Å². The van der Waals surface area contributed by atoms with E-state index in [1.807, 2.05) is 40.5 Å². The number of likely N-dealkylation sites (tertiary alicyclic amines) is 1. The van der Waals surface area contributed by atoms with Crippen LogP contribution in [-0.2, 0) is 12.8 Å². The van der Waals surface area contributed by atoms with Gasteiger partial charge >= 0.3 is 0 Å². The Hall–Kier alpha value is -2.97. The lowest BCUT2D eigenvalue weighted by atomic mass is 9.94. The number of piperidine rings is 1. The van der Waals surface area contributed by atoms with Crippen molar-refractivity contribution in [2.24, 2.45) is 0 Å². The minimum atomic E-state index is -0.0294. The van der Waals surface area contributed by atoms with Crippen molar-refractivity contribution in [2.75, 3.05) is 32.1 Å². The van der Waals surface area contributed by atoms with Gasteiger partial charge in [0.2, 0.25) is 5.76 Å². The Bertz CT molecular complexity index is 1050. The van der Waals surface area contributed by atoms with E-state index in [0.29, 0.717) is 18.8 Å². The van der Waals surface area contributed by atoms with Crippen LogP contribution < -0.4 is 4.90 Å². The molecule has 0 atom stereocenters. The average Bonchev–Trinajstić information content (AvgIpc) is 3.37. The number of anilines is 1. The van der Waals surface area contributed by atoms with E-state index in [1.165, 1.54) is 0 Å². The molecule has 29 heavy (non-hydrogen) atoms. The van der Waals surface area contributed by atoms with Gasteiger partial charge in [0.1, 0.15) is 5.82 Å². The van der Waals surface area contributed by atoms with E-state index in [2.05, 4.69) is 20.5 Å². The maximum Gasteiger partial charge on any atom is 0.292 e. The Morgan fingerprint density at radius 2 is 1.93 bits per heavy atom. The number of aromatic nitrogens is 5. The van der Waals surface area contributed by atoms with Gasteiger partial charge in [0, 0.05) is 38.7 Å². The lowest BCUT2D eigenvalue weighted by Crippen LogP contribution is -2.38. The highest BCUT2D eigenvalue weighted by Gasteiger charge is 2.32. The molecule has 1 fully saturated rings. The van der Waals surface area contributed by atoms with Crippen LogP contribution in [0.4, 0.5) is 5.82 Å². The lowest BCUT2D eigenvalue weighted by molar-refractivity contribution is 0.0667. The van der Waals surface area contributed by atoms with E-state index in [0.717, 1.165) is 67.1 Å². The van der Waals surface area contributed by atoms with Gasteiger partial charge < -0.3 is 14.3 Å². The zero-order chi connectivity index (χ0) is 20.0. The number of rotatable bonds is 3.